The zero-order chi connectivity index (χ0) is 16.7. The van der Waals surface area contributed by atoms with Gasteiger partial charge in [-0.25, -0.2) is 4.79 Å². The van der Waals surface area contributed by atoms with Crippen LogP contribution in [-0.2, 0) is 9.53 Å². The second kappa shape index (κ2) is 8.53. The molecule has 0 aliphatic carbocycles. The summed E-state index contributed by atoms with van der Waals surface area (Å²) in [5.74, 6) is 0. The standard InChI is InChI=1S/C17H20N2O3S/c1-3-9-22-17(21)19-12-16(23-13(2)20)10-15(19)7-6-14-5-4-8-18-11-14/h3-8,11,15-16H,1,9-10,12H2,2H3/t15-,16+/m1/s1. The largest absolute Gasteiger partial charge is 0.445 e. The molecule has 2 heterocycles. The van der Waals surface area contributed by atoms with Crippen LogP contribution in [0.15, 0.2) is 43.3 Å². The number of aromatic nitrogens is 1. The molecule has 0 spiro atoms. The summed E-state index contributed by atoms with van der Waals surface area (Å²) in [7, 11) is 0. The van der Waals surface area contributed by atoms with Crippen molar-refractivity contribution < 1.29 is 14.3 Å². The zero-order valence-electron chi connectivity index (χ0n) is 13.1. The highest BCUT2D eigenvalue weighted by molar-refractivity contribution is 8.14. The molecule has 122 valence electrons. The number of carbonyl (C=O) groups excluding carboxylic acids is 2. The molecular weight excluding hydrogens is 312 g/mol. The number of rotatable bonds is 5. The third kappa shape index (κ3) is 5.25. The van der Waals surface area contributed by atoms with Crippen molar-refractivity contribution in [3.63, 3.8) is 0 Å². The molecule has 1 saturated heterocycles. The molecule has 0 aromatic carbocycles. The van der Waals surface area contributed by atoms with Crippen molar-refractivity contribution in [2.24, 2.45) is 0 Å². The molecule has 1 aliphatic rings. The second-order valence-electron chi connectivity index (χ2n) is 5.20. The highest BCUT2D eigenvalue weighted by Crippen LogP contribution is 2.29. The molecule has 1 aromatic rings. The molecule has 1 aliphatic heterocycles. The van der Waals surface area contributed by atoms with Gasteiger partial charge in [0.2, 0.25) is 0 Å². The van der Waals surface area contributed by atoms with E-state index in [0.717, 1.165) is 12.0 Å². The number of likely N-dealkylation sites (tertiary alicyclic amines) is 1. The summed E-state index contributed by atoms with van der Waals surface area (Å²) in [4.78, 5) is 29.2. The summed E-state index contributed by atoms with van der Waals surface area (Å²) >= 11 is 1.28. The molecule has 23 heavy (non-hydrogen) atoms. The van der Waals surface area contributed by atoms with Gasteiger partial charge in [0.1, 0.15) is 6.61 Å². The van der Waals surface area contributed by atoms with Gasteiger partial charge in [0.05, 0.1) is 6.04 Å². The van der Waals surface area contributed by atoms with Gasteiger partial charge in [-0.15, -0.1) is 0 Å². The fourth-order valence-electron chi connectivity index (χ4n) is 2.45. The Bertz CT molecular complexity index is 589. The van der Waals surface area contributed by atoms with Crippen LogP contribution in [0.5, 0.6) is 0 Å². The summed E-state index contributed by atoms with van der Waals surface area (Å²) < 4.78 is 5.14. The number of amides is 1. The van der Waals surface area contributed by atoms with E-state index < -0.39 is 0 Å². The van der Waals surface area contributed by atoms with E-state index in [2.05, 4.69) is 11.6 Å². The fourth-order valence-corrected chi connectivity index (χ4v) is 3.45. The normalized spacial score (nSPS) is 20.7. The molecule has 0 saturated carbocycles. The van der Waals surface area contributed by atoms with Gasteiger partial charge in [0.15, 0.2) is 5.12 Å². The number of pyridine rings is 1. The first-order valence-corrected chi connectivity index (χ1v) is 8.28. The minimum absolute atomic E-state index is 0.0614. The average molecular weight is 332 g/mol. The molecule has 2 rings (SSSR count). The Morgan fingerprint density at radius 3 is 3.04 bits per heavy atom. The molecular formula is C17H20N2O3S. The lowest BCUT2D eigenvalue weighted by Crippen LogP contribution is -2.35. The van der Waals surface area contributed by atoms with Crippen molar-refractivity contribution in [3.8, 4) is 0 Å². The Balaban J connectivity index is 2.08. The van der Waals surface area contributed by atoms with Gasteiger partial charge in [-0.05, 0) is 18.1 Å². The molecule has 5 nitrogen and oxygen atoms in total. The average Bonchev–Trinajstić information content (AvgIpc) is 2.93. The summed E-state index contributed by atoms with van der Waals surface area (Å²) in [6.07, 6.45) is 9.26. The number of ether oxygens (including phenoxy) is 1. The van der Waals surface area contributed by atoms with Crippen molar-refractivity contribution >= 4 is 29.0 Å². The van der Waals surface area contributed by atoms with Crippen LogP contribution in [0.1, 0.15) is 18.9 Å². The zero-order valence-corrected chi connectivity index (χ0v) is 13.9. The molecule has 0 bridgehead atoms. The molecule has 1 aromatic heterocycles. The Morgan fingerprint density at radius 2 is 2.39 bits per heavy atom. The van der Waals surface area contributed by atoms with Crippen LogP contribution in [0.2, 0.25) is 0 Å². The molecule has 1 amide bonds. The number of carbonyl (C=O) groups is 2. The predicted molar refractivity (Wildman–Crippen MR) is 92.0 cm³/mol. The molecule has 1 fully saturated rings. The lowest BCUT2D eigenvalue weighted by molar-refractivity contribution is -0.109. The van der Waals surface area contributed by atoms with Crippen LogP contribution >= 0.6 is 11.8 Å². The second-order valence-corrected chi connectivity index (χ2v) is 6.68. The van der Waals surface area contributed by atoms with Crippen LogP contribution in [0, 0.1) is 0 Å². The number of nitrogens with zero attached hydrogens (tertiary/aromatic N) is 2. The van der Waals surface area contributed by atoms with E-state index in [0.29, 0.717) is 6.54 Å². The van der Waals surface area contributed by atoms with Crippen LogP contribution in [0.3, 0.4) is 0 Å². The van der Waals surface area contributed by atoms with E-state index in [-0.39, 0.29) is 29.1 Å². The molecule has 0 unspecified atom stereocenters. The Hall–Kier alpha value is -2.08. The first kappa shape index (κ1) is 17.3. The van der Waals surface area contributed by atoms with Crippen molar-refractivity contribution in [3.05, 3.63) is 48.8 Å². The maximum absolute atomic E-state index is 12.2. The van der Waals surface area contributed by atoms with Crippen LogP contribution in [-0.4, -0.2) is 45.5 Å². The van der Waals surface area contributed by atoms with E-state index in [1.54, 1.807) is 24.2 Å². The minimum Gasteiger partial charge on any atom is -0.445 e. The Labute approximate surface area is 140 Å². The molecule has 0 radical (unpaired) electrons. The summed E-state index contributed by atoms with van der Waals surface area (Å²) in [6, 6.07) is 3.71. The molecule has 2 atom stereocenters. The third-order valence-electron chi connectivity index (χ3n) is 3.39. The molecule has 0 N–H and O–H groups in total. The third-order valence-corrected chi connectivity index (χ3v) is 4.40. The van der Waals surface area contributed by atoms with Crippen molar-refractivity contribution in [2.45, 2.75) is 24.6 Å². The van der Waals surface area contributed by atoms with E-state index in [1.165, 1.54) is 17.8 Å². The Morgan fingerprint density at radius 1 is 1.57 bits per heavy atom. The topological polar surface area (TPSA) is 59.5 Å². The summed E-state index contributed by atoms with van der Waals surface area (Å²) in [5, 5.41) is 0.152. The maximum atomic E-state index is 12.2. The van der Waals surface area contributed by atoms with Crippen molar-refractivity contribution in [2.75, 3.05) is 13.2 Å². The van der Waals surface area contributed by atoms with Gasteiger partial charge >= 0.3 is 6.09 Å². The minimum atomic E-state index is -0.377. The summed E-state index contributed by atoms with van der Waals surface area (Å²) in [6.45, 7) is 5.77. The lowest BCUT2D eigenvalue weighted by Gasteiger charge is -2.21. The van der Waals surface area contributed by atoms with Gasteiger partial charge in [-0.3, -0.25) is 9.78 Å². The maximum Gasteiger partial charge on any atom is 0.410 e. The van der Waals surface area contributed by atoms with Crippen LogP contribution < -0.4 is 0 Å². The smallest absolute Gasteiger partial charge is 0.410 e. The monoisotopic (exact) mass is 332 g/mol. The number of hydrogen-bond acceptors (Lipinski definition) is 5. The van der Waals surface area contributed by atoms with Gasteiger partial charge < -0.3 is 9.64 Å². The lowest BCUT2D eigenvalue weighted by atomic mass is 10.1. The van der Waals surface area contributed by atoms with Crippen molar-refractivity contribution in [1.82, 2.24) is 9.88 Å². The number of hydrogen-bond donors (Lipinski definition) is 0. The number of thioether (sulfide) groups is 1. The summed E-state index contributed by atoms with van der Waals surface area (Å²) in [5.41, 5.74) is 0.967. The fraction of sp³-hybridized carbons (Fsp3) is 0.353. The van der Waals surface area contributed by atoms with Gasteiger partial charge in [0, 0.05) is 31.1 Å². The van der Waals surface area contributed by atoms with Gasteiger partial charge in [-0.1, -0.05) is 42.6 Å². The van der Waals surface area contributed by atoms with Crippen molar-refractivity contribution in [1.29, 1.82) is 0 Å². The van der Waals surface area contributed by atoms with Gasteiger partial charge in [-0.2, -0.15) is 0 Å². The Kier molecular flexibility index (Phi) is 6.40. The van der Waals surface area contributed by atoms with Crippen LogP contribution in [0.25, 0.3) is 6.08 Å². The first-order chi connectivity index (χ1) is 11.1. The quantitative estimate of drug-likeness (QED) is 0.775. The van der Waals surface area contributed by atoms with Gasteiger partial charge in [0.25, 0.3) is 0 Å². The molecule has 6 heteroatoms. The van der Waals surface area contributed by atoms with E-state index in [1.807, 2.05) is 24.3 Å². The van der Waals surface area contributed by atoms with E-state index in [4.69, 9.17) is 4.74 Å². The predicted octanol–water partition coefficient (Wildman–Crippen LogP) is 3.14. The van der Waals surface area contributed by atoms with E-state index in [9.17, 15) is 9.59 Å². The SMILES string of the molecule is C=CCOC(=O)N1C[C@@H](SC(C)=O)C[C@H]1C=Cc1cccnc1. The van der Waals surface area contributed by atoms with E-state index >= 15 is 0 Å². The highest BCUT2D eigenvalue weighted by atomic mass is 32.2. The van der Waals surface area contributed by atoms with Crippen LogP contribution in [0.4, 0.5) is 4.79 Å². The first-order valence-electron chi connectivity index (χ1n) is 7.40. The highest BCUT2D eigenvalue weighted by Gasteiger charge is 2.35.